The summed E-state index contributed by atoms with van der Waals surface area (Å²) in [5.74, 6) is 0. The molecule has 21 nitrogen and oxygen atoms in total. The summed E-state index contributed by atoms with van der Waals surface area (Å²) in [5.41, 5.74) is -0.0622. The molecule has 1 aliphatic rings. The van der Waals surface area contributed by atoms with Gasteiger partial charge in [-0.05, 0) is 18.3 Å². The summed E-state index contributed by atoms with van der Waals surface area (Å²) in [4.78, 5) is 0. The highest BCUT2D eigenvalue weighted by Crippen LogP contribution is 2.30. The summed E-state index contributed by atoms with van der Waals surface area (Å²) in [6.07, 6.45) is 5.04. The SMILES string of the molecule is CCCCCCCCCCCCC(C)(C)CC(O)COCC(O)COC(COCC(CO)OCC(O)CO)COCC(COCC(O)COCC(O)CO)OC(CO)COCC1COCC(CO)O1. The van der Waals surface area contributed by atoms with Crippen LogP contribution >= 0.6 is 0 Å². The molecule has 0 aromatic rings. The Morgan fingerprint density at radius 2 is 0.884 bits per heavy atom. The Bertz CT molecular complexity index is 1120. The Kier molecular flexibility index (Phi) is 41.8. The van der Waals surface area contributed by atoms with Crippen molar-refractivity contribution in [1.29, 1.82) is 0 Å². The van der Waals surface area contributed by atoms with E-state index >= 15 is 0 Å². The lowest BCUT2D eigenvalue weighted by atomic mass is 9.81. The molecule has 1 saturated heterocycles. The van der Waals surface area contributed by atoms with Crippen molar-refractivity contribution in [3.63, 3.8) is 0 Å². The largest absolute Gasteiger partial charge is 0.394 e. The number of aliphatic hydroxyl groups excluding tert-OH is 10. The molecule has 0 amide bonds. The van der Waals surface area contributed by atoms with E-state index in [4.69, 9.17) is 62.3 Å². The van der Waals surface area contributed by atoms with Gasteiger partial charge in [0, 0.05) is 0 Å². The molecule has 0 saturated carbocycles. The van der Waals surface area contributed by atoms with Crippen LogP contribution < -0.4 is 0 Å². The second-order valence-corrected chi connectivity index (χ2v) is 18.9. The van der Waals surface area contributed by atoms with Crippen LogP contribution in [-0.2, 0) is 52.1 Å². The zero-order chi connectivity index (χ0) is 51.0. The summed E-state index contributed by atoms with van der Waals surface area (Å²) >= 11 is 0. The van der Waals surface area contributed by atoms with Crippen molar-refractivity contribution in [2.45, 2.75) is 165 Å². The Balaban J connectivity index is 2.79. The molecular weight excluding hydrogens is 913 g/mol. The predicted octanol–water partition coefficient (Wildman–Crippen LogP) is -0.112. The van der Waals surface area contributed by atoms with Crippen molar-refractivity contribution in [1.82, 2.24) is 0 Å². The molecule has 0 aromatic carbocycles. The van der Waals surface area contributed by atoms with Crippen LogP contribution in [0.3, 0.4) is 0 Å². The monoisotopic (exact) mass is 1010 g/mol. The number of hydrogen-bond acceptors (Lipinski definition) is 21. The molecule has 11 atom stereocenters. The Morgan fingerprint density at radius 1 is 0.449 bits per heavy atom. The molecule has 1 fully saturated rings. The zero-order valence-electron chi connectivity index (χ0n) is 42.1. The minimum atomic E-state index is -1.13. The Hall–Kier alpha value is -0.840. The van der Waals surface area contributed by atoms with E-state index in [0.717, 1.165) is 12.8 Å². The minimum absolute atomic E-state index is 0.0442. The molecule has 69 heavy (non-hydrogen) atoms. The molecule has 21 heteroatoms. The summed E-state index contributed by atoms with van der Waals surface area (Å²) in [6, 6.07) is 0. The highest BCUT2D eigenvalue weighted by molar-refractivity contribution is 4.74. The molecule has 0 aromatic heterocycles. The average molecular weight is 1010 g/mol. The molecule has 1 aliphatic heterocycles. The zero-order valence-corrected chi connectivity index (χ0v) is 42.1. The molecular formula is C48H96O21. The summed E-state index contributed by atoms with van der Waals surface area (Å²) in [6.45, 7) is 3.61. The second kappa shape index (κ2) is 43.5. The molecule has 0 aliphatic carbocycles. The first kappa shape index (κ1) is 66.2. The van der Waals surface area contributed by atoms with Gasteiger partial charge in [-0.3, -0.25) is 0 Å². The first-order valence-corrected chi connectivity index (χ1v) is 25.3. The summed E-state index contributed by atoms with van der Waals surface area (Å²) < 4.78 is 62.8. The topological polar surface area (TPSA) is 304 Å². The lowest BCUT2D eigenvalue weighted by Crippen LogP contribution is -2.41. The second-order valence-electron chi connectivity index (χ2n) is 18.9. The van der Waals surface area contributed by atoms with E-state index in [-0.39, 0.29) is 118 Å². The van der Waals surface area contributed by atoms with Crippen LogP contribution in [-0.4, -0.2) is 257 Å². The van der Waals surface area contributed by atoms with Crippen molar-refractivity contribution in [3.05, 3.63) is 0 Å². The maximum Gasteiger partial charge on any atom is 0.105 e. The third-order valence-electron chi connectivity index (χ3n) is 11.1. The molecule has 414 valence electrons. The van der Waals surface area contributed by atoms with Crippen molar-refractivity contribution in [2.24, 2.45) is 5.41 Å². The maximum atomic E-state index is 10.8. The van der Waals surface area contributed by atoms with E-state index in [9.17, 15) is 40.9 Å². The third kappa shape index (κ3) is 37.5. The lowest BCUT2D eigenvalue weighted by Gasteiger charge is -2.29. The van der Waals surface area contributed by atoms with Gasteiger partial charge in [-0.2, -0.15) is 0 Å². The van der Waals surface area contributed by atoms with Gasteiger partial charge in [0.1, 0.15) is 61.0 Å². The fourth-order valence-electron chi connectivity index (χ4n) is 7.29. The van der Waals surface area contributed by atoms with Crippen molar-refractivity contribution < 1.29 is 103 Å². The molecule has 10 N–H and O–H groups in total. The summed E-state index contributed by atoms with van der Waals surface area (Å²) in [7, 11) is 0. The maximum absolute atomic E-state index is 10.8. The number of rotatable bonds is 50. The standard InChI is InChI=1S/C48H96O21/c1-4-5-6-7-8-9-10-11-12-13-14-48(2,3)15-37(54)21-59-25-41(58)27-67-45(31-62-28-42(18-51)66-26-39(56)17-50)32-65-36-46(33-61-24-40(57)23-60-22-38(55)16-49)68-43(19-52)29-63-34-47-35-64-30-44(20-53)69-47/h37-47,49-58H,4-36H2,1-3H3. The van der Waals surface area contributed by atoms with Crippen molar-refractivity contribution in [3.8, 4) is 0 Å². The van der Waals surface area contributed by atoms with Crippen LogP contribution in [0, 0.1) is 5.41 Å². The molecule has 0 spiro atoms. The van der Waals surface area contributed by atoms with Crippen LogP contribution in [0.4, 0.5) is 0 Å². The number of hydrogen-bond donors (Lipinski definition) is 10. The average Bonchev–Trinajstić information content (AvgIpc) is 3.33. The molecule has 0 bridgehead atoms. The highest BCUT2D eigenvalue weighted by Gasteiger charge is 2.26. The van der Waals surface area contributed by atoms with Crippen LogP contribution in [0.5, 0.6) is 0 Å². The van der Waals surface area contributed by atoms with Crippen molar-refractivity contribution in [2.75, 3.05) is 139 Å². The molecule has 1 rings (SSSR count). The molecule has 0 radical (unpaired) electrons. The Labute approximate surface area is 411 Å². The molecule has 11 unspecified atom stereocenters. The highest BCUT2D eigenvalue weighted by atomic mass is 16.6. The van der Waals surface area contributed by atoms with E-state index in [0.29, 0.717) is 6.42 Å². The van der Waals surface area contributed by atoms with E-state index in [1.54, 1.807) is 0 Å². The predicted molar refractivity (Wildman–Crippen MR) is 253 cm³/mol. The number of aliphatic hydroxyl groups is 10. The van der Waals surface area contributed by atoms with Crippen molar-refractivity contribution >= 4 is 0 Å². The van der Waals surface area contributed by atoms with Gasteiger partial charge in [-0.1, -0.05) is 85.0 Å². The van der Waals surface area contributed by atoms with Gasteiger partial charge in [0.05, 0.1) is 145 Å². The van der Waals surface area contributed by atoms with E-state index < -0.39 is 93.6 Å². The van der Waals surface area contributed by atoms with Gasteiger partial charge < -0.3 is 103 Å². The van der Waals surface area contributed by atoms with Crippen LogP contribution in [0.25, 0.3) is 0 Å². The fraction of sp³-hybridized carbons (Fsp3) is 1.00. The van der Waals surface area contributed by atoms with Crippen LogP contribution in [0.2, 0.25) is 0 Å². The van der Waals surface area contributed by atoms with E-state index in [1.807, 2.05) is 0 Å². The first-order chi connectivity index (χ1) is 33.3. The Morgan fingerprint density at radius 3 is 1.46 bits per heavy atom. The van der Waals surface area contributed by atoms with Gasteiger partial charge in [0.25, 0.3) is 0 Å². The van der Waals surface area contributed by atoms with E-state index in [2.05, 4.69) is 20.8 Å². The number of ether oxygens (including phenoxy) is 11. The van der Waals surface area contributed by atoms with Crippen LogP contribution in [0.1, 0.15) is 97.8 Å². The fourth-order valence-corrected chi connectivity index (χ4v) is 7.29. The van der Waals surface area contributed by atoms with Gasteiger partial charge in [-0.15, -0.1) is 0 Å². The smallest absolute Gasteiger partial charge is 0.105 e. The minimum Gasteiger partial charge on any atom is -0.394 e. The molecule has 1 heterocycles. The lowest BCUT2D eigenvalue weighted by molar-refractivity contribution is -0.178. The van der Waals surface area contributed by atoms with Crippen LogP contribution in [0.15, 0.2) is 0 Å². The number of unbranched alkanes of at least 4 members (excludes halogenated alkanes) is 9. The normalized spacial score (nSPS) is 19.8. The van der Waals surface area contributed by atoms with Gasteiger partial charge in [0.15, 0.2) is 0 Å². The van der Waals surface area contributed by atoms with Gasteiger partial charge in [-0.25, -0.2) is 0 Å². The third-order valence-corrected chi connectivity index (χ3v) is 11.1. The van der Waals surface area contributed by atoms with Gasteiger partial charge >= 0.3 is 0 Å². The summed E-state index contributed by atoms with van der Waals surface area (Å²) in [5, 5.41) is 98.5. The van der Waals surface area contributed by atoms with E-state index in [1.165, 1.54) is 57.8 Å². The first-order valence-electron chi connectivity index (χ1n) is 25.3. The van der Waals surface area contributed by atoms with Gasteiger partial charge in [0.2, 0.25) is 0 Å². The quantitative estimate of drug-likeness (QED) is 0.0356.